The molecule has 25 heavy (non-hydrogen) atoms. The predicted octanol–water partition coefficient (Wildman–Crippen LogP) is 2.72. The maximum absolute atomic E-state index is 13.7. The van der Waals surface area contributed by atoms with Crippen LogP contribution in [-0.2, 0) is 4.79 Å². The minimum atomic E-state index is -5.08. The lowest BCUT2D eigenvalue weighted by Crippen LogP contribution is -2.47. The number of carboxylic acids is 1. The number of carbonyl (C=O) groups excluding carboxylic acids is 1. The number of hydrogen-bond donors (Lipinski definition) is 2. The van der Waals surface area contributed by atoms with Gasteiger partial charge < -0.3 is 15.7 Å². The molecule has 0 bridgehead atoms. The average molecular weight is 364 g/mol. The number of carboxylic acid groups (broad SMARTS) is 1. The summed E-state index contributed by atoms with van der Waals surface area (Å²) < 4.78 is 45.5. The smallest absolute Gasteiger partial charge is 0.475 e. The highest BCUT2D eigenvalue weighted by Crippen LogP contribution is 2.21. The molecule has 1 heterocycles. The van der Waals surface area contributed by atoms with Gasteiger partial charge in [-0.15, -0.1) is 0 Å². The number of amides is 1. The SMILES string of the molecule is Cc1ccc(F)c(C(=O)N2CCCCC2CN)c1.O=C(O)C(F)(F)F. The van der Waals surface area contributed by atoms with Crippen LogP contribution in [0, 0.1) is 12.7 Å². The molecule has 1 aromatic rings. The first-order valence-corrected chi connectivity index (χ1v) is 7.65. The molecule has 0 aromatic heterocycles. The Kier molecular flexibility index (Phi) is 7.35. The van der Waals surface area contributed by atoms with E-state index in [0.29, 0.717) is 13.1 Å². The van der Waals surface area contributed by atoms with Gasteiger partial charge in [0.05, 0.1) is 5.56 Å². The van der Waals surface area contributed by atoms with E-state index in [1.165, 1.54) is 6.07 Å². The molecule has 2 rings (SSSR count). The van der Waals surface area contributed by atoms with Gasteiger partial charge in [-0.1, -0.05) is 11.6 Å². The van der Waals surface area contributed by atoms with Crippen LogP contribution in [0.2, 0.25) is 0 Å². The number of nitrogens with zero attached hydrogens (tertiary/aromatic N) is 1. The van der Waals surface area contributed by atoms with Crippen LogP contribution in [0.1, 0.15) is 35.2 Å². The minimum absolute atomic E-state index is 0.0474. The Morgan fingerprint density at radius 2 is 1.92 bits per heavy atom. The van der Waals surface area contributed by atoms with Crippen LogP contribution in [0.5, 0.6) is 0 Å². The van der Waals surface area contributed by atoms with E-state index in [-0.39, 0.29) is 17.5 Å². The van der Waals surface area contributed by atoms with Gasteiger partial charge in [0.25, 0.3) is 5.91 Å². The van der Waals surface area contributed by atoms with E-state index in [9.17, 15) is 22.4 Å². The maximum Gasteiger partial charge on any atom is 0.490 e. The van der Waals surface area contributed by atoms with Crippen LogP contribution in [0.25, 0.3) is 0 Å². The topological polar surface area (TPSA) is 83.6 Å². The molecule has 1 aromatic carbocycles. The molecule has 9 heteroatoms. The van der Waals surface area contributed by atoms with Crippen molar-refractivity contribution in [3.8, 4) is 0 Å². The number of alkyl halides is 3. The molecule has 1 aliphatic rings. The first-order chi connectivity index (χ1) is 11.6. The van der Waals surface area contributed by atoms with Crippen LogP contribution in [0.15, 0.2) is 18.2 Å². The summed E-state index contributed by atoms with van der Waals surface area (Å²) in [4.78, 5) is 23.0. The number of piperidine rings is 1. The Morgan fingerprint density at radius 1 is 1.32 bits per heavy atom. The third kappa shape index (κ3) is 6.00. The summed E-state index contributed by atoms with van der Waals surface area (Å²) >= 11 is 0. The Labute approximate surface area is 142 Å². The molecule has 0 saturated carbocycles. The molecule has 0 aliphatic carbocycles. The molecule has 1 amide bonds. The van der Waals surface area contributed by atoms with Gasteiger partial charge >= 0.3 is 12.1 Å². The fourth-order valence-electron chi connectivity index (χ4n) is 2.47. The fraction of sp³-hybridized carbons (Fsp3) is 0.500. The number of benzene rings is 1. The average Bonchev–Trinajstić information content (AvgIpc) is 2.56. The highest BCUT2D eigenvalue weighted by molar-refractivity contribution is 5.95. The van der Waals surface area contributed by atoms with Gasteiger partial charge in [-0.2, -0.15) is 13.2 Å². The second-order valence-corrected chi connectivity index (χ2v) is 5.67. The maximum atomic E-state index is 13.7. The molecule has 0 radical (unpaired) electrons. The van der Waals surface area contributed by atoms with Crippen molar-refractivity contribution in [2.24, 2.45) is 5.73 Å². The lowest BCUT2D eigenvalue weighted by molar-refractivity contribution is -0.192. The molecular formula is C16H20F4N2O3. The summed E-state index contributed by atoms with van der Waals surface area (Å²) in [5.74, 6) is -3.44. The number of hydrogen-bond acceptors (Lipinski definition) is 3. The molecule has 5 nitrogen and oxygen atoms in total. The zero-order valence-electron chi connectivity index (χ0n) is 13.6. The number of rotatable bonds is 2. The van der Waals surface area contributed by atoms with E-state index < -0.39 is 18.0 Å². The van der Waals surface area contributed by atoms with Crippen molar-refractivity contribution in [2.45, 2.75) is 38.4 Å². The molecule has 3 N–H and O–H groups in total. The Morgan fingerprint density at radius 3 is 2.44 bits per heavy atom. The zero-order valence-corrected chi connectivity index (χ0v) is 13.6. The number of aliphatic carboxylic acids is 1. The van der Waals surface area contributed by atoms with Gasteiger partial charge in [0, 0.05) is 19.1 Å². The van der Waals surface area contributed by atoms with Gasteiger partial charge in [0.2, 0.25) is 0 Å². The van der Waals surface area contributed by atoms with Gasteiger partial charge in [-0.05, 0) is 38.3 Å². The molecule has 140 valence electrons. The lowest BCUT2D eigenvalue weighted by Gasteiger charge is -2.35. The van der Waals surface area contributed by atoms with Crippen LogP contribution in [-0.4, -0.2) is 47.2 Å². The van der Waals surface area contributed by atoms with E-state index in [0.717, 1.165) is 24.8 Å². The number of aryl methyl sites for hydroxylation is 1. The lowest BCUT2D eigenvalue weighted by atomic mass is 10.0. The molecule has 1 unspecified atom stereocenters. The summed E-state index contributed by atoms with van der Waals surface area (Å²) in [6.45, 7) is 2.97. The van der Waals surface area contributed by atoms with Crippen molar-refractivity contribution in [1.29, 1.82) is 0 Å². The molecule has 1 atom stereocenters. The van der Waals surface area contributed by atoms with Crippen LogP contribution in [0.4, 0.5) is 17.6 Å². The first kappa shape index (κ1) is 20.9. The summed E-state index contributed by atoms with van der Waals surface area (Å²) in [5.41, 5.74) is 6.74. The number of likely N-dealkylation sites (tertiary alicyclic amines) is 1. The highest BCUT2D eigenvalue weighted by Gasteiger charge is 2.38. The van der Waals surface area contributed by atoms with E-state index in [1.54, 1.807) is 17.0 Å². The molecule has 1 fully saturated rings. The van der Waals surface area contributed by atoms with Crippen molar-refractivity contribution in [2.75, 3.05) is 13.1 Å². The van der Waals surface area contributed by atoms with Crippen molar-refractivity contribution < 1.29 is 32.3 Å². The summed E-state index contributed by atoms with van der Waals surface area (Å²) in [6.07, 6.45) is -2.12. The van der Waals surface area contributed by atoms with Gasteiger partial charge in [-0.25, -0.2) is 9.18 Å². The fourth-order valence-corrected chi connectivity index (χ4v) is 2.47. The van der Waals surface area contributed by atoms with Crippen LogP contribution >= 0.6 is 0 Å². The van der Waals surface area contributed by atoms with E-state index in [4.69, 9.17) is 15.6 Å². The standard InChI is InChI=1S/C14H19FN2O.C2HF3O2/c1-10-5-6-13(15)12(8-10)14(18)17-7-3-2-4-11(17)9-16;3-2(4,5)1(6)7/h5-6,8,11H,2-4,7,9,16H2,1H3;(H,6,7). The normalized spacial score (nSPS) is 17.5. The Balaban J connectivity index is 0.000000381. The van der Waals surface area contributed by atoms with Crippen molar-refractivity contribution in [3.63, 3.8) is 0 Å². The first-order valence-electron chi connectivity index (χ1n) is 7.65. The second kappa shape index (κ2) is 8.80. The molecular weight excluding hydrogens is 344 g/mol. The number of carbonyl (C=O) groups is 2. The summed E-state index contributed by atoms with van der Waals surface area (Å²) in [6, 6.07) is 4.68. The minimum Gasteiger partial charge on any atom is -0.475 e. The van der Waals surface area contributed by atoms with Crippen molar-refractivity contribution >= 4 is 11.9 Å². The van der Waals surface area contributed by atoms with Crippen LogP contribution < -0.4 is 5.73 Å². The van der Waals surface area contributed by atoms with E-state index >= 15 is 0 Å². The molecule has 1 aliphatic heterocycles. The molecule has 1 saturated heterocycles. The zero-order chi connectivity index (χ0) is 19.2. The van der Waals surface area contributed by atoms with E-state index in [1.807, 2.05) is 6.92 Å². The van der Waals surface area contributed by atoms with Gasteiger partial charge in [0.1, 0.15) is 5.82 Å². The quantitative estimate of drug-likeness (QED) is 0.791. The highest BCUT2D eigenvalue weighted by atomic mass is 19.4. The number of halogens is 4. The van der Waals surface area contributed by atoms with Crippen molar-refractivity contribution in [3.05, 3.63) is 35.1 Å². The monoisotopic (exact) mass is 364 g/mol. The van der Waals surface area contributed by atoms with Gasteiger partial charge in [0.15, 0.2) is 0 Å². The predicted molar refractivity (Wildman–Crippen MR) is 82.6 cm³/mol. The summed E-state index contributed by atoms with van der Waals surface area (Å²) in [5, 5.41) is 7.12. The second-order valence-electron chi connectivity index (χ2n) is 5.67. The third-order valence-electron chi connectivity index (χ3n) is 3.75. The van der Waals surface area contributed by atoms with Gasteiger partial charge in [-0.3, -0.25) is 4.79 Å². The van der Waals surface area contributed by atoms with E-state index in [2.05, 4.69) is 0 Å². The summed E-state index contributed by atoms with van der Waals surface area (Å²) in [7, 11) is 0. The Bertz CT molecular complexity index is 620. The third-order valence-corrected chi connectivity index (χ3v) is 3.75. The molecule has 0 spiro atoms. The Hall–Kier alpha value is -2.16. The number of nitrogens with two attached hydrogens (primary N) is 1. The largest absolute Gasteiger partial charge is 0.490 e. The van der Waals surface area contributed by atoms with Crippen LogP contribution in [0.3, 0.4) is 0 Å². The van der Waals surface area contributed by atoms with Crippen molar-refractivity contribution in [1.82, 2.24) is 4.90 Å².